The second kappa shape index (κ2) is 5.74. The van der Waals surface area contributed by atoms with E-state index in [9.17, 15) is 8.78 Å². The molecule has 1 aromatic heterocycles. The number of nitrogens with zero attached hydrogens (tertiary/aromatic N) is 2. The van der Waals surface area contributed by atoms with Crippen LogP contribution in [0, 0.1) is 18.6 Å². The van der Waals surface area contributed by atoms with Crippen molar-refractivity contribution >= 4 is 15.9 Å². The maximum atomic E-state index is 13.9. The number of aromatic nitrogens is 2. The molecule has 0 unspecified atom stereocenters. The summed E-state index contributed by atoms with van der Waals surface area (Å²) in [7, 11) is 0. The van der Waals surface area contributed by atoms with Gasteiger partial charge in [0.05, 0.1) is 5.69 Å². The smallest absolute Gasteiger partial charge is 0.168 e. The van der Waals surface area contributed by atoms with Gasteiger partial charge in [0.1, 0.15) is 10.4 Å². The molecule has 2 rings (SSSR count). The Labute approximate surface area is 119 Å². The number of rotatable bonds is 3. The van der Waals surface area contributed by atoms with Crippen LogP contribution < -0.4 is 0 Å². The first-order chi connectivity index (χ1) is 9.02. The SMILES string of the molecule is CCCc1nc(Br)cc(-c2ccc(C)c(F)c2F)n1. The predicted octanol–water partition coefficient (Wildman–Crippen LogP) is 4.45. The summed E-state index contributed by atoms with van der Waals surface area (Å²) in [6.07, 6.45) is 1.59. The molecule has 0 saturated heterocycles. The molecule has 1 heterocycles. The fourth-order valence-corrected chi connectivity index (χ4v) is 2.20. The van der Waals surface area contributed by atoms with Crippen molar-refractivity contribution in [3.8, 4) is 11.3 Å². The molecule has 2 nitrogen and oxygen atoms in total. The molecule has 2 aromatic rings. The second-order valence-corrected chi connectivity index (χ2v) is 5.11. The monoisotopic (exact) mass is 326 g/mol. The molecule has 5 heteroatoms. The lowest BCUT2D eigenvalue weighted by Gasteiger charge is -2.07. The highest BCUT2D eigenvalue weighted by Crippen LogP contribution is 2.26. The Morgan fingerprint density at radius 2 is 1.89 bits per heavy atom. The van der Waals surface area contributed by atoms with Gasteiger partial charge in [-0.3, -0.25) is 0 Å². The lowest BCUT2D eigenvalue weighted by atomic mass is 10.1. The zero-order valence-electron chi connectivity index (χ0n) is 10.7. The molecule has 0 saturated carbocycles. The third kappa shape index (κ3) is 2.97. The van der Waals surface area contributed by atoms with Gasteiger partial charge in [-0.25, -0.2) is 18.7 Å². The van der Waals surface area contributed by atoms with Gasteiger partial charge in [-0.15, -0.1) is 0 Å². The van der Waals surface area contributed by atoms with E-state index in [0.29, 0.717) is 22.5 Å². The fourth-order valence-electron chi connectivity index (χ4n) is 1.78. The molecular formula is C14H13BrF2N2. The second-order valence-electron chi connectivity index (χ2n) is 4.30. The van der Waals surface area contributed by atoms with Crippen LogP contribution in [0.1, 0.15) is 24.7 Å². The minimum absolute atomic E-state index is 0.156. The molecule has 0 fully saturated rings. The van der Waals surface area contributed by atoms with Crippen molar-refractivity contribution in [3.63, 3.8) is 0 Å². The lowest BCUT2D eigenvalue weighted by molar-refractivity contribution is 0.505. The normalized spacial score (nSPS) is 10.8. The molecule has 0 spiro atoms. The zero-order valence-corrected chi connectivity index (χ0v) is 12.3. The van der Waals surface area contributed by atoms with Crippen LogP contribution in [0.15, 0.2) is 22.8 Å². The van der Waals surface area contributed by atoms with Gasteiger partial charge >= 0.3 is 0 Å². The summed E-state index contributed by atoms with van der Waals surface area (Å²) in [5.41, 5.74) is 0.827. The standard InChI is InChI=1S/C14H13BrF2N2/c1-3-4-12-18-10(7-11(15)19-12)9-6-5-8(2)13(16)14(9)17/h5-7H,3-4H2,1-2H3. The van der Waals surface area contributed by atoms with E-state index in [1.807, 2.05) is 6.92 Å². The number of halogens is 3. The molecule has 0 atom stereocenters. The van der Waals surface area contributed by atoms with E-state index in [1.165, 1.54) is 13.0 Å². The predicted molar refractivity (Wildman–Crippen MR) is 73.8 cm³/mol. The average molecular weight is 327 g/mol. The minimum Gasteiger partial charge on any atom is -0.233 e. The molecule has 0 aliphatic carbocycles. The van der Waals surface area contributed by atoms with Crippen molar-refractivity contribution in [2.45, 2.75) is 26.7 Å². The summed E-state index contributed by atoms with van der Waals surface area (Å²) in [6, 6.07) is 4.67. The number of aryl methyl sites for hydroxylation is 2. The van der Waals surface area contributed by atoms with E-state index in [0.717, 1.165) is 6.42 Å². The van der Waals surface area contributed by atoms with Crippen LogP contribution in [-0.2, 0) is 6.42 Å². The zero-order chi connectivity index (χ0) is 14.0. The summed E-state index contributed by atoms with van der Waals surface area (Å²) < 4.78 is 28.1. The van der Waals surface area contributed by atoms with Gasteiger partial charge in [0.15, 0.2) is 11.6 Å². The highest BCUT2D eigenvalue weighted by atomic mass is 79.9. The van der Waals surface area contributed by atoms with Crippen LogP contribution in [0.4, 0.5) is 8.78 Å². The van der Waals surface area contributed by atoms with Crippen molar-refractivity contribution in [2.75, 3.05) is 0 Å². The van der Waals surface area contributed by atoms with Gasteiger partial charge in [-0.2, -0.15) is 0 Å². The first-order valence-electron chi connectivity index (χ1n) is 6.01. The van der Waals surface area contributed by atoms with Crippen molar-refractivity contribution in [1.29, 1.82) is 0 Å². The van der Waals surface area contributed by atoms with E-state index in [-0.39, 0.29) is 11.1 Å². The summed E-state index contributed by atoms with van der Waals surface area (Å²) in [4.78, 5) is 8.49. The van der Waals surface area contributed by atoms with Crippen LogP contribution in [-0.4, -0.2) is 9.97 Å². The Hall–Kier alpha value is -1.36. The molecule has 0 radical (unpaired) electrons. The van der Waals surface area contributed by atoms with E-state index in [1.54, 1.807) is 12.1 Å². The summed E-state index contributed by atoms with van der Waals surface area (Å²) in [6.45, 7) is 3.54. The maximum Gasteiger partial charge on any atom is 0.168 e. The minimum atomic E-state index is -0.868. The molecule has 0 aliphatic heterocycles. The van der Waals surface area contributed by atoms with Crippen molar-refractivity contribution in [2.24, 2.45) is 0 Å². The molecule has 1 aromatic carbocycles. The highest BCUT2D eigenvalue weighted by molar-refractivity contribution is 9.10. The van der Waals surface area contributed by atoms with Gasteiger partial charge in [-0.1, -0.05) is 13.0 Å². The Bertz CT molecular complexity index is 615. The molecule has 0 amide bonds. The number of hydrogen-bond acceptors (Lipinski definition) is 2. The van der Waals surface area contributed by atoms with E-state index in [2.05, 4.69) is 25.9 Å². The first kappa shape index (κ1) is 14.1. The Balaban J connectivity index is 2.55. The van der Waals surface area contributed by atoms with Crippen molar-refractivity contribution in [3.05, 3.63) is 45.8 Å². The van der Waals surface area contributed by atoms with Crippen LogP contribution in [0.25, 0.3) is 11.3 Å². The van der Waals surface area contributed by atoms with Gasteiger partial charge in [-0.05, 0) is 47.0 Å². The molecule has 0 aliphatic rings. The van der Waals surface area contributed by atoms with Crippen LogP contribution in [0.3, 0.4) is 0 Å². The highest BCUT2D eigenvalue weighted by Gasteiger charge is 2.15. The molecular weight excluding hydrogens is 314 g/mol. The van der Waals surface area contributed by atoms with Gasteiger partial charge in [0.25, 0.3) is 0 Å². The maximum absolute atomic E-state index is 13.9. The Kier molecular flexibility index (Phi) is 4.24. The lowest BCUT2D eigenvalue weighted by Crippen LogP contribution is -2.00. The fraction of sp³-hybridized carbons (Fsp3) is 0.286. The van der Waals surface area contributed by atoms with E-state index < -0.39 is 11.6 Å². The summed E-state index contributed by atoms with van der Waals surface area (Å²) in [5.74, 6) is -1.08. The van der Waals surface area contributed by atoms with Crippen LogP contribution in [0.2, 0.25) is 0 Å². The Morgan fingerprint density at radius 1 is 1.16 bits per heavy atom. The first-order valence-corrected chi connectivity index (χ1v) is 6.80. The largest absolute Gasteiger partial charge is 0.233 e. The van der Waals surface area contributed by atoms with Crippen LogP contribution >= 0.6 is 15.9 Å². The molecule has 19 heavy (non-hydrogen) atoms. The van der Waals surface area contributed by atoms with Gasteiger partial charge < -0.3 is 0 Å². The van der Waals surface area contributed by atoms with Crippen molar-refractivity contribution < 1.29 is 8.78 Å². The number of benzene rings is 1. The van der Waals surface area contributed by atoms with Crippen molar-refractivity contribution in [1.82, 2.24) is 9.97 Å². The third-order valence-corrected chi connectivity index (χ3v) is 3.17. The van der Waals surface area contributed by atoms with E-state index >= 15 is 0 Å². The van der Waals surface area contributed by atoms with Gasteiger partial charge in [0.2, 0.25) is 0 Å². The molecule has 0 N–H and O–H groups in total. The van der Waals surface area contributed by atoms with E-state index in [4.69, 9.17) is 0 Å². The molecule has 100 valence electrons. The van der Waals surface area contributed by atoms with Gasteiger partial charge in [0, 0.05) is 12.0 Å². The third-order valence-electron chi connectivity index (χ3n) is 2.77. The molecule has 0 bridgehead atoms. The number of hydrogen-bond donors (Lipinski definition) is 0. The summed E-state index contributed by atoms with van der Waals surface area (Å²) >= 11 is 3.27. The summed E-state index contributed by atoms with van der Waals surface area (Å²) in [5, 5.41) is 0. The quantitative estimate of drug-likeness (QED) is 0.779. The average Bonchev–Trinajstić information content (AvgIpc) is 2.36. The Morgan fingerprint density at radius 3 is 2.58 bits per heavy atom. The van der Waals surface area contributed by atoms with Crippen LogP contribution in [0.5, 0.6) is 0 Å². The topological polar surface area (TPSA) is 25.8 Å².